The molecule has 102 valence electrons. The smallest absolute Gasteiger partial charge is 0.309 e. The van der Waals surface area contributed by atoms with Crippen molar-refractivity contribution in [3.05, 3.63) is 35.9 Å². The van der Waals surface area contributed by atoms with E-state index in [1.54, 1.807) is 0 Å². The second-order valence-electron chi connectivity index (χ2n) is 5.77. The lowest BCUT2D eigenvalue weighted by molar-refractivity contribution is -0.149. The van der Waals surface area contributed by atoms with Gasteiger partial charge in [0, 0.05) is 18.0 Å². The van der Waals surface area contributed by atoms with E-state index in [1.165, 1.54) is 25.5 Å². The highest BCUT2D eigenvalue weighted by Crippen LogP contribution is 2.46. The molecule has 2 fully saturated rings. The highest BCUT2D eigenvalue weighted by molar-refractivity contribution is 5.74. The maximum atomic E-state index is 12.1. The van der Waals surface area contributed by atoms with Gasteiger partial charge in [0.15, 0.2) is 0 Å². The molecule has 2 saturated heterocycles. The van der Waals surface area contributed by atoms with Crippen LogP contribution in [0.1, 0.15) is 30.7 Å². The summed E-state index contributed by atoms with van der Waals surface area (Å²) in [5, 5.41) is 0. The monoisotopic (exact) mass is 259 g/mol. The molecule has 0 unspecified atom stereocenters. The summed E-state index contributed by atoms with van der Waals surface area (Å²) < 4.78 is 5.04. The summed E-state index contributed by atoms with van der Waals surface area (Å²) in [7, 11) is 3.70. The molecule has 0 N–H and O–H groups in total. The molecule has 2 bridgehead atoms. The van der Waals surface area contributed by atoms with E-state index >= 15 is 0 Å². The van der Waals surface area contributed by atoms with Crippen molar-refractivity contribution >= 4 is 5.97 Å². The van der Waals surface area contributed by atoms with Crippen LogP contribution in [-0.4, -0.2) is 37.1 Å². The van der Waals surface area contributed by atoms with Crippen molar-refractivity contribution in [2.24, 2.45) is 5.92 Å². The summed E-state index contributed by atoms with van der Waals surface area (Å²) >= 11 is 0. The van der Waals surface area contributed by atoms with Crippen molar-refractivity contribution < 1.29 is 9.53 Å². The van der Waals surface area contributed by atoms with Gasteiger partial charge in [-0.3, -0.25) is 9.69 Å². The summed E-state index contributed by atoms with van der Waals surface area (Å²) in [6.07, 6.45) is 3.32. The molecule has 3 heteroatoms. The van der Waals surface area contributed by atoms with Crippen molar-refractivity contribution in [3.8, 4) is 0 Å². The Labute approximate surface area is 114 Å². The van der Waals surface area contributed by atoms with Gasteiger partial charge in [0.2, 0.25) is 0 Å². The first kappa shape index (κ1) is 12.7. The Hall–Kier alpha value is -1.35. The van der Waals surface area contributed by atoms with Crippen LogP contribution >= 0.6 is 0 Å². The lowest BCUT2D eigenvalue weighted by Crippen LogP contribution is -2.47. The van der Waals surface area contributed by atoms with Crippen molar-refractivity contribution in [2.75, 3.05) is 14.2 Å². The fourth-order valence-electron chi connectivity index (χ4n) is 3.99. The number of likely N-dealkylation sites (N-methyl/N-ethyl adjacent to an activating group) is 1. The maximum Gasteiger partial charge on any atom is 0.309 e. The molecule has 0 amide bonds. The molecular formula is C16H21NO2. The van der Waals surface area contributed by atoms with E-state index in [0.717, 1.165) is 6.42 Å². The Morgan fingerprint density at radius 3 is 2.68 bits per heavy atom. The van der Waals surface area contributed by atoms with E-state index < -0.39 is 0 Å². The zero-order valence-electron chi connectivity index (χ0n) is 11.6. The van der Waals surface area contributed by atoms with Crippen LogP contribution in [-0.2, 0) is 9.53 Å². The Morgan fingerprint density at radius 2 is 2.00 bits per heavy atom. The molecule has 0 radical (unpaired) electrons. The number of piperidine rings is 1. The van der Waals surface area contributed by atoms with Gasteiger partial charge < -0.3 is 4.74 Å². The number of methoxy groups -OCH3 is 1. The fraction of sp³-hybridized carbons (Fsp3) is 0.562. The van der Waals surface area contributed by atoms with Crippen LogP contribution in [0.3, 0.4) is 0 Å². The summed E-state index contributed by atoms with van der Waals surface area (Å²) in [6, 6.07) is 11.5. The molecule has 2 heterocycles. The first-order valence-corrected chi connectivity index (χ1v) is 7.07. The molecule has 3 rings (SSSR count). The largest absolute Gasteiger partial charge is 0.469 e. The number of rotatable bonds is 2. The molecule has 1 aromatic carbocycles. The molecule has 0 aliphatic carbocycles. The third-order valence-corrected chi connectivity index (χ3v) is 4.96. The van der Waals surface area contributed by atoms with E-state index in [9.17, 15) is 4.79 Å². The van der Waals surface area contributed by atoms with Crippen molar-refractivity contribution in [2.45, 2.75) is 37.3 Å². The van der Waals surface area contributed by atoms with E-state index in [2.05, 4.69) is 36.2 Å². The normalized spacial score (nSPS) is 34.2. The molecule has 0 spiro atoms. The number of esters is 1. The standard InChI is InChI=1S/C16H21NO2/c1-17-12-8-9-14(17)15(11-6-4-3-5-7-11)13(10-12)16(18)19-2/h3-7,12-15H,8-10H2,1-2H3/t12-,13+,14-,15+/m1/s1. The van der Waals surface area contributed by atoms with Gasteiger partial charge in [-0.25, -0.2) is 0 Å². The third kappa shape index (κ3) is 2.06. The van der Waals surface area contributed by atoms with Crippen molar-refractivity contribution in [1.29, 1.82) is 0 Å². The molecule has 0 aromatic heterocycles. The average molecular weight is 259 g/mol. The number of ether oxygens (including phenoxy) is 1. The van der Waals surface area contributed by atoms with Gasteiger partial charge in [0.25, 0.3) is 0 Å². The molecule has 3 nitrogen and oxygen atoms in total. The Balaban J connectivity index is 1.97. The van der Waals surface area contributed by atoms with Crippen molar-refractivity contribution in [1.82, 2.24) is 4.90 Å². The first-order valence-electron chi connectivity index (χ1n) is 7.07. The summed E-state index contributed by atoms with van der Waals surface area (Å²) in [5.74, 6) is 0.248. The van der Waals surface area contributed by atoms with Crippen LogP contribution in [0.25, 0.3) is 0 Å². The number of hydrogen-bond acceptors (Lipinski definition) is 3. The van der Waals surface area contributed by atoms with Crippen molar-refractivity contribution in [3.63, 3.8) is 0 Å². The van der Waals surface area contributed by atoms with Crippen LogP contribution in [0, 0.1) is 5.92 Å². The molecule has 2 aliphatic heterocycles. The number of fused-ring (bicyclic) bond motifs is 2. The molecule has 1 aromatic rings. The first-order chi connectivity index (χ1) is 9.22. The predicted octanol–water partition coefficient (Wildman–Crippen LogP) is 2.43. The Morgan fingerprint density at radius 1 is 1.26 bits per heavy atom. The highest BCUT2D eigenvalue weighted by Gasteiger charge is 2.48. The molecule has 19 heavy (non-hydrogen) atoms. The number of carbonyl (C=O) groups excluding carboxylic acids is 1. The zero-order chi connectivity index (χ0) is 13.4. The minimum absolute atomic E-state index is 0.0149. The second kappa shape index (κ2) is 4.97. The number of hydrogen-bond donors (Lipinski definition) is 0. The van der Waals surface area contributed by atoms with E-state index in [0.29, 0.717) is 12.1 Å². The van der Waals surface area contributed by atoms with Crippen LogP contribution in [0.5, 0.6) is 0 Å². The lowest BCUT2D eigenvalue weighted by atomic mass is 9.76. The van der Waals surface area contributed by atoms with E-state index in [1.807, 2.05) is 6.07 Å². The zero-order valence-corrected chi connectivity index (χ0v) is 11.6. The molecular weight excluding hydrogens is 238 g/mol. The number of nitrogens with zero attached hydrogens (tertiary/aromatic N) is 1. The quantitative estimate of drug-likeness (QED) is 0.764. The Kier molecular flexibility index (Phi) is 3.31. The number of carbonyl (C=O) groups is 1. The van der Waals surface area contributed by atoms with Crippen LogP contribution in [0.4, 0.5) is 0 Å². The SMILES string of the molecule is COC(=O)[C@H]1C[C@H]2CC[C@H]([C@H]1c1ccccc1)N2C. The molecule has 4 atom stereocenters. The second-order valence-corrected chi connectivity index (χ2v) is 5.77. The average Bonchev–Trinajstić information content (AvgIpc) is 2.70. The number of benzene rings is 1. The van der Waals surface area contributed by atoms with E-state index in [-0.39, 0.29) is 17.8 Å². The minimum Gasteiger partial charge on any atom is -0.469 e. The fourth-order valence-corrected chi connectivity index (χ4v) is 3.99. The van der Waals surface area contributed by atoms with Crippen LogP contribution < -0.4 is 0 Å². The van der Waals surface area contributed by atoms with Gasteiger partial charge >= 0.3 is 5.97 Å². The lowest BCUT2D eigenvalue weighted by Gasteiger charge is -2.42. The van der Waals surface area contributed by atoms with E-state index in [4.69, 9.17) is 4.74 Å². The van der Waals surface area contributed by atoms with Gasteiger partial charge in [-0.15, -0.1) is 0 Å². The molecule has 2 aliphatic rings. The van der Waals surface area contributed by atoms with Crippen LogP contribution in [0.15, 0.2) is 30.3 Å². The summed E-state index contributed by atoms with van der Waals surface area (Å²) in [6.45, 7) is 0. The third-order valence-electron chi connectivity index (χ3n) is 4.96. The van der Waals surface area contributed by atoms with Gasteiger partial charge in [-0.1, -0.05) is 30.3 Å². The summed E-state index contributed by atoms with van der Waals surface area (Å²) in [5.41, 5.74) is 1.27. The minimum atomic E-state index is -0.0427. The Bertz CT molecular complexity index is 459. The van der Waals surface area contributed by atoms with Gasteiger partial charge in [-0.05, 0) is 31.9 Å². The van der Waals surface area contributed by atoms with Crippen LogP contribution in [0.2, 0.25) is 0 Å². The predicted molar refractivity (Wildman–Crippen MR) is 73.9 cm³/mol. The van der Waals surface area contributed by atoms with Gasteiger partial charge in [0.05, 0.1) is 13.0 Å². The van der Waals surface area contributed by atoms with Gasteiger partial charge in [0.1, 0.15) is 0 Å². The highest BCUT2D eigenvalue weighted by atomic mass is 16.5. The van der Waals surface area contributed by atoms with Gasteiger partial charge in [-0.2, -0.15) is 0 Å². The molecule has 0 saturated carbocycles. The topological polar surface area (TPSA) is 29.5 Å². The maximum absolute atomic E-state index is 12.1. The summed E-state index contributed by atoms with van der Waals surface area (Å²) in [4.78, 5) is 14.6.